The number of halogens is 3. The standard InChI is InChI=1S/C21H28F3NO3/c1-2-3-4-5-6-9-15-28-20(27)18-13-10-14-25(18)19(26)16-11-7-8-12-17(16)21(22,23)24/h7-8,11-12,18H,2-6,9-10,13-15H2,1H3. The Hall–Kier alpha value is -2.05. The molecule has 1 heterocycles. The quantitative estimate of drug-likeness (QED) is 0.423. The Morgan fingerprint density at radius 2 is 1.79 bits per heavy atom. The maximum Gasteiger partial charge on any atom is 0.417 e. The molecule has 4 nitrogen and oxygen atoms in total. The second-order valence-corrected chi connectivity index (χ2v) is 7.14. The summed E-state index contributed by atoms with van der Waals surface area (Å²) in [5.41, 5.74) is -1.41. The topological polar surface area (TPSA) is 46.6 Å². The largest absolute Gasteiger partial charge is 0.464 e. The molecular formula is C21H28F3NO3. The van der Waals surface area contributed by atoms with Crippen molar-refractivity contribution in [3.8, 4) is 0 Å². The predicted octanol–water partition coefficient (Wildman–Crippen LogP) is 5.21. The third kappa shape index (κ3) is 5.97. The van der Waals surface area contributed by atoms with Gasteiger partial charge in [0.1, 0.15) is 6.04 Å². The molecule has 28 heavy (non-hydrogen) atoms. The van der Waals surface area contributed by atoms with Crippen LogP contribution < -0.4 is 0 Å². The van der Waals surface area contributed by atoms with E-state index in [2.05, 4.69) is 6.92 Å². The van der Waals surface area contributed by atoms with Crippen molar-refractivity contribution in [3.05, 3.63) is 35.4 Å². The molecule has 1 atom stereocenters. The third-order valence-electron chi connectivity index (χ3n) is 4.99. The Morgan fingerprint density at radius 1 is 1.11 bits per heavy atom. The van der Waals surface area contributed by atoms with Crippen molar-refractivity contribution in [1.29, 1.82) is 0 Å². The maximum atomic E-state index is 13.2. The number of carbonyl (C=O) groups excluding carboxylic acids is 2. The third-order valence-corrected chi connectivity index (χ3v) is 4.99. The summed E-state index contributed by atoms with van der Waals surface area (Å²) in [6.07, 6.45) is 2.69. The van der Waals surface area contributed by atoms with Crippen LogP contribution in [0.2, 0.25) is 0 Å². The molecule has 0 radical (unpaired) electrons. The van der Waals surface area contributed by atoms with Gasteiger partial charge in [-0.3, -0.25) is 4.79 Å². The highest BCUT2D eigenvalue weighted by atomic mass is 19.4. The van der Waals surface area contributed by atoms with E-state index in [0.29, 0.717) is 12.8 Å². The number of carbonyl (C=O) groups is 2. The summed E-state index contributed by atoms with van der Waals surface area (Å²) in [6, 6.07) is 3.87. The van der Waals surface area contributed by atoms with E-state index in [-0.39, 0.29) is 13.2 Å². The molecule has 1 aromatic carbocycles. The van der Waals surface area contributed by atoms with Gasteiger partial charge in [0.25, 0.3) is 5.91 Å². The van der Waals surface area contributed by atoms with Crippen LogP contribution in [0.3, 0.4) is 0 Å². The number of ether oxygens (including phenoxy) is 1. The molecule has 1 aromatic rings. The van der Waals surface area contributed by atoms with Crippen LogP contribution in [-0.4, -0.2) is 36.0 Å². The number of likely N-dealkylation sites (tertiary alicyclic amines) is 1. The molecule has 7 heteroatoms. The number of amides is 1. The summed E-state index contributed by atoms with van der Waals surface area (Å²) in [5.74, 6) is -1.30. The minimum Gasteiger partial charge on any atom is -0.464 e. The maximum absolute atomic E-state index is 13.2. The van der Waals surface area contributed by atoms with Crippen LogP contribution >= 0.6 is 0 Å². The first-order chi connectivity index (χ1) is 13.4. The van der Waals surface area contributed by atoms with Crippen molar-refractivity contribution >= 4 is 11.9 Å². The van der Waals surface area contributed by atoms with Crippen molar-refractivity contribution in [3.63, 3.8) is 0 Å². The van der Waals surface area contributed by atoms with Crippen LogP contribution in [0, 0.1) is 0 Å². The predicted molar refractivity (Wildman–Crippen MR) is 99.8 cm³/mol. The minimum atomic E-state index is -4.63. The van der Waals surface area contributed by atoms with E-state index >= 15 is 0 Å². The summed E-state index contributed by atoms with van der Waals surface area (Å²) < 4.78 is 44.9. The summed E-state index contributed by atoms with van der Waals surface area (Å²) >= 11 is 0. The van der Waals surface area contributed by atoms with Gasteiger partial charge in [-0.15, -0.1) is 0 Å². The van der Waals surface area contributed by atoms with Crippen molar-refractivity contribution in [2.75, 3.05) is 13.2 Å². The molecule has 1 aliphatic rings. The first kappa shape index (κ1) is 22.2. The lowest BCUT2D eigenvalue weighted by atomic mass is 10.1. The van der Waals surface area contributed by atoms with Crippen LogP contribution in [0.15, 0.2) is 24.3 Å². The minimum absolute atomic E-state index is 0.252. The van der Waals surface area contributed by atoms with E-state index in [1.54, 1.807) is 0 Å². The van der Waals surface area contributed by atoms with E-state index in [0.717, 1.165) is 44.2 Å². The number of hydrogen-bond acceptors (Lipinski definition) is 3. The van der Waals surface area contributed by atoms with Crippen molar-refractivity contribution in [2.24, 2.45) is 0 Å². The Balaban J connectivity index is 1.94. The van der Waals surface area contributed by atoms with Gasteiger partial charge in [-0.2, -0.15) is 13.2 Å². The lowest BCUT2D eigenvalue weighted by Crippen LogP contribution is -2.42. The van der Waals surface area contributed by atoms with Gasteiger partial charge in [-0.25, -0.2) is 4.79 Å². The van der Waals surface area contributed by atoms with Gasteiger partial charge in [0.15, 0.2) is 0 Å². The molecule has 0 saturated carbocycles. The summed E-state index contributed by atoms with van der Waals surface area (Å²) in [7, 11) is 0. The highest BCUT2D eigenvalue weighted by Gasteiger charge is 2.40. The molecule has 0 bridgehead atoms. The Labute approximate surface area is 164 Å². The van der Waals surface area contributed by atoms with E-state index in [9.17, 15) is 22.8 Å². The number of nitrogens with zero attached hydrogens (tertiary/aromatic N) is 1. The number of esters is 1. The number of hydrogen-bond donors (Lipinski definition) is 0. The fraction of sp³-hybridized carbons (Fsp3) is 0.619. The SMILES string of the molecule is CCCCCCCCOC(=O)C1CCCN1C(=O)c1ccccc1C(F)(F)F. The van der Waals surface area contributed by atoms with E-state index < -0.39 is 35.2 Å². The monoisotopic (exact) mass is 399 g/mol. The fourth-order valence-corrected chi connectivity index (χ4v) is 3.48. The highest BCUT2D eigenvalue weighted by molar-refractivity contribution is 5.98. The van der Waals surface area contributed by atoms with Crippen LogP contribution in [0.25, 0.3) is 0 Å². The van der Waals surface area contributed by atoms with Gasteiger partial charge in [0.05, 0.1) is 17.7 Å². The molecule has 1 saturated heterocycles. The van der Waals surface area contributed by atoms with Crippen molar-refractivity contribution in [2.45, 2.75) is 70.5 Å². The number of benzene rings is 1. The zero-order valence-corrected chi connectivity index (χ0v) is 16.3. The molecule has 1 amide bonds. The first-order valence-electron chi connectivity index (χ1n) is 10.00. The Bertz CT molecular complexity index is 661. The summed E-state index contributed by atoms with van der Waals surface area (Å²) in [5, 5.41) is 0. The van der Waals surface area contributed by atoms with Gasteiger partial charge >= 0.3 is 12.1 Å². The average molecular weight is 399 g/mol. The van der Waals surface area contributed by atoms with E-state index in [1.165, 1.54) is 23.5 Å². The Kier molecular flexibility index (Phi) is 8.33. The van der Waals surface area contributed by atoms with Crippen LogP contribution in [0.1, 0.15) is 74.2 Å². The van der Waals surface area contributed by atoms with Gasteiger partial charge in [-0.05, 0) is 31.4 Å². The second-order valence-electron chi connectivity index (χ2n) is 7.14. The van der Waals surface area contributed by atoms with Gasteiger partial charge in [0.2, 0.25) is 0 Å². The number of unbranched alkanes of at least 4 members (excludes halogenated alkanes) is 5. The lowest BCUT2D eigenvalue weighted by molar-refractivity contribution is -0.148. The molecule has 0 aromatic heterocycles. The van der Waals surface area contributed by atoms with Crippen molar-refractivity contribution < 1.29 is 27.5 Å². The normalized spacial score (nSPS) is 17.0. The molecular weight excluding hydrogens is 371 g/mol. The van der Waals surface area contributed by atoms with Crippen LogP contribution in [-0.2, 0) is 15.7 Å². The molecule has 1 unspecified atom stereocenters. The number of rotatable bonds is 9. The second kappa shape index (κ2) is 10.5. The fourth-order valence-electron chi connectivity index (χ4n) is 3.48. The molecule has 0 N–H and O–H groups in total. The zero-order valence-electron chi connectivity index (χ0n) is 16.3. The first-order valence-corrected chi connectivity index (χ1v) is 10.00. The Morgan fingerprint density at radius 3 is 2.50 bits per heavy atom. The molecule has 156 valence electrons. The van der Waals surface area contributed by atoms with Gasteiger partial charge < -0.3 is 9.64 Å². The molecule has 1 fully saturated rings. The van der Waals surface area contributed by atoms with Crippen LogP contribution in [0.5, 0.6) is 0 Å². The summed E-state index contributed by atoms with van der Waals surface area (Å²) in [4.78, 5) is 26.3. The molecule has 2 rings (SSSR count). The molecule has 1 aliphatic heterocycles. The summed E-state index contributed by atoms with van der Waals surface area (Å²) in [6.45, 7) is 2.67. The van der Waals surface area contributed by atoms with E-state index in [1.807, 2.05) is 0 Å². The van der Waals surface area contributed by atoms with Gasteiger partial charge in [0, 0.05) is 6.54 Å². The van der Waals surface area contributed by atoms with E-state index in [4.69, 9.17) is 4.74 Å². The smallest absolute Gasteiger partial charge is 0.417 e. The average Bonchev–Trinajstić information content (AvgIpc) is 3.16. The van der Waals surface area contributed by atoms with Crippen LogP contribution in [0.4, 0.5) is 13.2 Å². The van der Waals surface area contributed by atoms with Gasteiger partial charge in [-0.1, -0.05) is 51.2 Å². The van der Waals surface area contributed by atoms with Crippen molar-refractivity contribution in [1.82, 2.24) is 4.90 Å². The highest BCUT2D eigenvalue weighted by Crippen LogP contribution is 2.33. The lowest BCUT2D eigenvalue weighted by Gasteiger charge is -2.24. The zero-order chi connectivity index (χ0) is 20.6. The number of alkyl halides is 3. The molecule has 0 spiro atoms. The molecule has 0 aliphatic carbocycles.